The molecular weight excluding hydrogens is 316 g/mol. The van der Waals surface area contributed by atoms with Crippen LogP contribution in [0.5, 0.6) is 0 Å². The highest BCUT2D eigenvalue weighted by Gasteiger charge is 2.35. The zero-order valence-electron chi connectivity index (χ0n) is 12.0. The summed E-state index contributed by atoms with van der Waals surface area (Å²) in [6.45, 7) is 1.86. The quantitative estimate of drug-likeness (QED) is 0.465. The second-order valence-electron chi connectivity index (χ2n) is 4.45. The van der Waals surface area contributed by atoms with Crippen LogP contribution in [0.4, 0.5) is 17.6 Å². The van der Waals surface area contributed by atoms with Crippen molar-refractivity contribution in [3.63, 3.8) is 0 Å². The first-order valence-corrected chi connectivity index (χ1v) is 6.63. The van der Waals surface area contributed by atoms with Gasteiger partial charge in [-0.15, -0.1) is 0 Å². The van der Waals surface area contributed by atoms with Gasteiger partial charge >= 0.3 is 12.1 Å². The zero-order valence-corrected chi connectivity index (χ0v) is 12.0. The smallest absolute Gasteiger partial charge is 0.419 e. The number of hydrogen-bond donors (Lipinski definition) is 0. The Morgan fingerprint density at radius 1 is 1.26 bits per heavy atom. The molecule has 1 aromatic heterocycles. The molecule has 0 fully saturated rings. The lowest BCUT2D eigenvalue weighted by Gasteiger charge is -2.09. The van der Waals surface area contributed by atoms with E-state index >= 15 is 0 Å². The Kier molecular flexibility index (Phi) is 4.88. The molecule has 7 heteroatoms. The van der Waals surface area contributed by atoms with Gasteiger partial charge in [0.15, 0.2) is 0 Å². The van der Waals surface area contributed by atoms with Gasteiger partial charge in [-0.25, -0.2) is 9.18 Å². The van der Waals surface area contributed by atoms with Crippen molar-refractivity contribution in [2.45, 2.75) is 13.1 Å². The summed E-state index contributed by atoms with van der Waals surface area (Å²) in [5.41, 5.74) is -1.68. The van der Waals surface area contributed by atoms with E-state index in [0.717, 1.165) is 12.1 Å². The van der Waals surface area contributed by atoms with Gasteiger partial charge in [-0.05, 0) is 37.3 Å². The molecule has 0 aliphatic heterocycles. The highest BCUT2D eigenvalue weighted by atomic mass is 19.4. The van der Waals surface area contributed by atoms with E-state index in [-0.39, 0.29) is 23.7 Å². The summed E-state index contributed by atoms with van der Waals surface area (Å²) in [5.74, 6) is -1.88. The normalized spacial score (nSPS) is 11.9. The monoisotopic (exact) mass is 328 g/mol. The molecule has 0 aliphatic rings. The average Bonchev–Trinajstić information content (AvgIpc) is 2.93. The number of benzene rings is 1. The standard InChI is InChI=1S/C16H12F4O3/c1-2-22-14(21)9-7-10-6-8-13(23-10)11-4-3-5-12(15(11)17)16(18,19)20/h3-9H,2H2,1H3/b9-7+. The summed E-state index contributed by atoms with van der Waals surface area (Å²) >= 11 is 0. The molecular formula is C16H12F4O3. The molecule has 0 radical (unpaired) electrons. The summed E-state index contributed by atoms with van der Waals surface area (Å²) < 4.78 is 62.0. The SMILES string of the molecule is CCOC(=O)/C=C/c1ccc(-c2cccc(C(F)(F)F)c2F)o1. The molecule has 0 saturated carbocycles. The lowest BCUT2D eigenvalue weighted by Crippen LogP contribution is -2.08. The van der Waals surface area contributed by atoms with Gasteiger partial charge in [-0.2, -0.15) is 13.2 Å². The van der Waals surface area contributed by atoms with Crippen molar-refractivity contribution >= 4 is 12.0 Å². The fourth-order valence-corrected chi connectivity index (χ4v) is 1.87. The maximum absolute atomic E-state index is 14.0. The van der Waals surface area contributed by atoms with Crippen LogP contribution in [0.2, 0.25) is 0 Å². The van der Waals surface area contributed by atoms with Gasteiger partial charge in [0.2, 0.25) is 0 Å². The fourth-order valence-electron chi connectivity index (χ4n) is 1.87. The Hall–Kier alpha value is -2.57. The van der Waals surface area contributed by atoms with E-state index in [9.17, 15) is 22.4 Å². The van der Waals surface area contributed by atoms with Gasteiger partial charge in [0, 0.05) is 6.08 Å². The number of carbonyl (C=O) groups is 1. The number of furan rings is 1. The molecule has 0 amide bonds. The van der Waals surface area contributed by atoms with Crippen LogP contribution in [0.3, 0.4) is 0 Å². The fraction of sp³-hybridized carbons (Fsp3) is 0.188. The van der Waals surface area contributed by atoms with Crippen molar-refractivity contribution in [1.82, 2.24) is 0 Å². The van der Waals surface area contributed by atoms with Crippen molar-refractivity contribution in [2.75, 3.05) is 6.61 Å². The first-order valence-electron chi connectivity index (χ1n) is 6.63. The van der Waals surface area contributed by atoms with Gasteiger partial charge < -0.3 is 9.15 Å². The van der Waals surface area contributed by atoms with Crippen LogP contribution in [0.1, 0.15) is 18.2 Å². The molecule has 23 heavy (non-hydrogen) atoms. The molecule has 0 saturated heterocycles. The molecule has 1 aromatic carbocycles. The summed E-state index contributed by atoms with van der Waals surface area (Å²) in [6, 6.07) is 5.66. The van der Waals surface area contributed by atoms with Crippen LogP contribution in [-0.4, -0.2) is 12.6 Å². The number of alkyl halides is 3. The molecule has 0 unspecified atom stereocenters. The lowest BCUT2D eigenvalue weighted by atomic mass is 10.1. The number of rotatable bonds is 4. The van der Waals surface area contributed by atoms with E-state index in [1.807, 2.05) is 0 Å². The van der Waals surface area contributed by atoms with Gasteiger partial charge in [-0.3, -0.25) is 0 Å². The van der Waals surface area contributed by atoms with Crippen LogP contribution in [0, 0.1) is 5.82 Å². The molecule has 0 aliphatic carbocycles. The Morgan fingerprint density at radius 3 is 2.65 bits per heavy atom. The largest absolute Gasteiger partial charge is 0.463 e. The van der Waals surface area contributed by atoms with Gasteiger partial charge in [0.05, 0.1) is 17.7 Å². The first-order chi connectivity index (χ1) is 10.8. The minimum Gasteiger partial charge on any atom is -0.463 e. The van der Waals surface area contributed by atoms with Crippen LogP contribution >= 0.6 is 0 Å². The van der Waals surface area contributed by atoms with Crippen molar-refractivity contribution in [2.24, 2.45) is 0 Å². The summed E-state index contributed by atoms with van der Waals surface area (Å²) in [7, 11) is 0. The van der Waals surface area contributed by atoms with Crippen LogP contribution in [0.15, 0.2) is 40.8 Å². The van der Waals surface area contributed by atoms with E-state index in [2.05, 4.69) is 4.74 Å². The van der Waals surface area contributed by atoms with E-state index < -0.39 is 23.5 Å². The van der Waals surface area contributed by atoms with Crippen LogP contribution < -0.4 is 0 Å². The zero-order chi connectivity index (χ0) is 17.0. The molecule has 0 bridgehead atoms. The maximum Gasteiger partial charge on any atom is 0.419 e. The Labute approximate surface area is 129 Å². The minimum absolute atomic E-state index is 0.0721. The summed E-state index contributed by atoms with van der Waals surface area (Å²) in [5, 5.41) is 0. The third kappa shape index (κ3) is 4.00. The Morgan fingerprint density at radius 2 is 2.00 bits per heavy atom. The molecule has 2 aromatic rings. The predicted octanol–water partition coefficient (Wildman–Crippen LogP) is 4.68. The molecule has 122 valence electrons. The molecule has 2 rings (SSSR count). The van der Waals surface area contributed by atoms with Crippen molar-refractivity contribution in [3.05, 3.63) is 53.5 Å². The van der Waals surface area contributed by atoms with Gasteiger partial charge in [-0.1, -0.05) is 6.07 Å². The Balaban J connectivity index is 2.30. The molecule has 0 atom stereocenters. The number of carbonyl (C=O) groups excluding carboxylic acids is 1. The predicted molar refractivity (Wildman–Crippen MR) is 74.8 cm³/mol. The van der Waals surface area contributed by atoms with E-state index in [1.54, 1.807) is 6.92 Å². The minimum atomic E-state index is -4.79. The van der Waals surface area contributed by atoms with Gasteiger partial charge in [0.1, 0.15) is 17.3 Å². The van der Waals surface area contributed by atoms with Crippen molar-refractivity contribution in [1.29, 1.82) is 0 Å². The third-order valence-electron chi connectivity index (χ3n) is 2.87. The number of hydrogen-bond acceptors (Lipinski definition) is 3. The van der Waals surface area contributed by atoms with E-state index in [1.165, 1.54) is 24.3 Å². The second-order valence-corrected chi connectivity index (χ2v) is 4.45. The third-order valence-corrected chi connectivity index (χ3v) is 2.87. The maximum atomic E-state index is 14.0. The number of ether oxygens (including phenoxy) is 1. The van der Waals surface area contributed by atoms with E-state index in [0.29, 0.717) is 6.07 Å². The summed E-state index contributed by atoms with van der Waals surface area (Å²) in [4.78, 5) is 11.2. The topological polar surface area (TPSA) is 39.4 Å². The van der Waals surface area contributed by atoms with Crippen LogP contribution in [0.25, 0.3) is 17.4 Å². The molecule has 0 N–H and O–H groups in total. The van der Waals surface area contributed by atoms with Crippen LogP contribution in [-0.2, 0) is 15.7 Å². The van der Waals surface area contributed by atoms with Gasteiger partial charge in [0.25, 0.3) is 0 Å². The number of halogens is 4. The van der Waals surface area contributed by atoms with Crippen molar-refractivity contribution in [3.8, 4) is 11.3 Å². The Bertz CT molecular complexity index is 729. The first kappa shape index (κ1) is 16.8. The second kappa shape index (κ2) is 6.68. The summed E-state index contributed by atoms with van der Waals surface area (Å²) in [6.07, 6.45) is -2.40. The van der Waals surface area contributed by atoms with E-state index in [4.69, 9.17) is 4.42 Å². The molecule has 3 nitrogen and oxygen atoms in total. The highest BCUT2D eigenvalue weighted by Crippen LogP contribution is 2.36. The average molecular weight is 328 g/mol. The molecule has 0 spiro atoms. The molecule has 1 heterocycles. The number of esters is 1. The highest BCUT2D eigenvalue weighted by molar-refractivity contribution is 5.86. The lowest BCUT2D eigenvalue weighted by molar-refractivity contribution is -0.140. The van der Waals surface area contributed by atoms with Crippen molar-refractivity contribution < 1.29 is 31.5 Å².